The van der Waals surface area contributed by atoms with Crippen molar-refractivity contribution in [1.82, 2.24) is 20.2 Å². The molecule has 0 spiro atoms. The molecule has 0 saturated carbocycles. The second kappa shape index (κ2) is 6.66. The van der Waals surface area contributed by atoms with Crippen molar-refractivity contribution < 1.29 is 8.42 Å². The molecule has 114 valence electrons. The zero-order valence-corrected chi connectivity index (χ0v) is 13.0. The largest absolute Gasteiger partial charge is 0.385 e. The molecule has 0 unspecified atom stereocenters. The van der Waals surface area contributed by atoms with E-state index in [9.17, 15) is 8.42 Å². The van der Waals surface area contributed by atoms with Gasteiger partial charge in [0.05, 0.1) is 5.75 Å². The number of anilines is 1. The summed E-state index contributed by atoms with van der Waals surface area (Å²) >= 11 is 0. The zero-order valence-electron chi connectivity index (χ0n) is 12.2. The van der Waals surface area contributed by atoms with Gasteiger partial charge in [-0.3, -0.25) is 0 Å². The predicted molar refractivity (Wildman–Crippen MR) is 81.7 cm³/mol. The third-order valence-electron chi connectivity index (χ3n) is 2.97. The molecular weight excluding hydrogens is 290 g/mol. The van der Waals surface area contributed by atoms with Crippen LogP contribution in [-0.4, -0.2) is 47.2 Å². The Morgan fingerprint density at radius 2 is 2.14 bits per heavy atom. The molecule has 0 saturated heterocycles. The first kappa shape index (κ1) is 15.4. The van der Waals surface area contributed by atoms with Gasteiger partial charge in [-0.1, -0.05) is 12.1 Å². The summed E-state index contributed by atoms with van der Waals surface area (Å²) in [5, 5.41) is 14.8. The van der Waals surface area contributed by atoms with Gasteiger partial charge in [-0.25, -0.2) is 13.1 Å². The van der Waals surface area contributed by atoms with E-state index in [-0.39, 0.29) is 5.75 Å². The Morgan fingerprint density at radius 3 is 2.86 bits per heavy atom. The van der Waals surface area contributed by atoms with E-state index in [0.29, 0.717) is 19.5 Å². The lowest BCUT2D eigenvalue weighted by molar-refractivity contribution is 0.600. The molecule has 0 atom stereocenters. The second-order valence-electron chi connectivity index (χ2n) is 4.81. The first-order valence-corrected chi connectivity index (χ1v) is 8.84. The van der Waals surface area contributed by atoms with Gasteiger partial charge < -0.3 is 5.32 Å². The van der Waals surface area contributed by atoms with Crippen LogP contribution in [0.3, 0.4) is 0 Å². The molecule has 2 rings (SSSR count). The van der Waals surface area contributed by atoms with Crippen molar-refractivity contribution in [2.45, 2.75) is 19.9 Å². The van der Waals surface area contributed by atoms with Crippen molar-refractivity contribution in [3.8, 4) is 11.4 Å². The van der Waals surface area contributed by atoms with Crippen LogP contribution in [0.2, 0.25) is 0 Å². The molecule has 0 aliphatic heterocycles. The molecule has 21 heavy (non-hydrogen) atoms. The Morgan fingerprint density at radius 1 is 1.33 bits per heavy atom. The maximum absolute atomic E-state index is 11.1. The highest BCUT2D eigenvalue weighted by Gasteiger charge is 2.08. The molecule has 0 radical (unpaired) electrons. The number of nitrogens with zero attached hydrogens (tertiary/aromatic N) is 4. The molecule has 0 aliphatic rings. The van der Waals surface area contributed by atoms with Gasteiger partial charge in [0, 0.05) is 30.6 Å². The molecular formula is C13H19N5O2S. The third-order valence-corrected chi connectivity index (χ3v) is 4.00. The van der Waals surface area contributed by atoms with Gasteiger partial charge in [0.25, 0.3) is 0 Å². The summed E-state index contributed by atoms with van der Waals surface area (Å²) in [6.07, 6.45) is 1.83. The van der Waals surface area contributed by atoms with E-state index < -0.39 is 9.84 Å². The number of sulfone groups is 1. The molecule has 0 bridgehead atoms. The van der Waals surface area contributed by atoms with Gasteiger partial charge in [-0.2, -0.15) is 0 Å². The molecule has 1 N–H and O–H groups in total. The maximum atomic E-state index is 11.1. The summed E-state index contributed by atoms with van der Waals surface area (Å²) in [6, 6.07) is 7.75. The summed E-state index contributed by atoms with van der Waals surface area (Å²) in [6.45, 7) is 3.29. The van der Waals surface area contributed by atoms with E-state index in [4.69, 9.17) is 0 Å². The number of nitrogens with one attached hydrogen (secondary N) is 1. The normalized spacial score (nSPS) is 11.5. The van der Waals surface area contributed by atoms with Gasteiger partial charge in [-0.05, 0) is 35.9 Å². The Labute approximate surface area is 124 Å². The van der Waals surface area contributed by atoms with Crippen molar-refractivity contribution in [3.05, 3.63) is 24.3 Å². The lowest BCUT2D eigenvalue weighted by Crippen LogP contribution is -2.09. The van der Waals surface area contributed by atoms with Gasteiger partial charge in [0.1, 0.15) is 9.84 Å². The summed E-state index contributed by atoms with van der Waals surface area (Å²) < 4.78 is 23.9. The van der Waals surface area contributed by atoms with Crippen LogP contribution in [0, 0.1) is 0 Å². The van der Waals surface area contributed by atoms with E-state index in [2.05, 4.69) is 20.8 Å². The SMILES string of the molecule is CCn1nnnc1-c1cccc(NCCCS(C)(=O)=O)c1. The Bertz CT molecular complexity index is 696. The van der Waals surface area contributed by atoms with E-state index in [1.807, 2.05) is 31.2 Å². The number of tetrazole rings is 1. The zero-order chi connectivity index (χ0) is 15.3. The van der Waals surface area contributed by atoms with Gasteiger partial charge in [0.15, 0.2) is 5.82 Å². The summed E-state index contributed by atoms with van der Waals surface area (Å²) in [5.41, 5.74) is 1.85. The van der Waals surface area contributed by atoms with Crippen LogP contribution in [0.25, 0.3) is 11.4 Å². The number of aromatic nitrogens is 4. The minimum atomic E-state index is -2.90. The van der Waals surface area contributed by atoms with Gasteiger partial charge in [-0.15, -0.1) is 5.10 Å². The number of hydrogen-bond acceptors (Lipinski definition) is 6. The van der Waals surface area contributed by atoms with Crippen LogP contribution in [0.4, 0.5) is 5.69 Å². The summed E-state index contributed by atoms with van der Waals surface area (Å²) in [7, 11) is -2.90. The Balaban J connectivity index is 2.01. The molecule has 1 aromatic heterocycles. The number of rotatable bonds is 7. The van der Waals surface area contributed by atoms with E-state index in [1.54, 1.807) is 4.68 Å². The van der Waals surface area contributed by atoms with E-state index in [0.717, 1.165) is 17.1 Å². The summed E-state index contributed by atoms with van der Waals surface area (Å²) in [4.78, 5) is 0. The fourth-order valence-electron chi connectivity index (χ4n) is 1.96. The lowest BCUT2D eigenvalue weighted by Gasteiger charge is -2.08. The maximum Gasteiger partial charge on any atom is 0.182 e. The molecule has 0 amide bonds. The van der Waals surface area contributed by atoms with Gasteiger partial charge >= 0.3 is 0 Å². The van der Waals surface area contributed by atoms with E-state index >= 15 is 0 Å². The molecule has 1 aromatic carbocycles. The smallest absolute Gasteiger partial charge is 0.182 e. The van der Waals surface area contributed by atoms with Crippen molar-refractivity contribution in [3.63, 3.8) is 0 Å². The minimum Gasteiger partial charge on any atom is -0.385 e. The third kappa shape index (κ3) is 4.52. The Kier molecular flexibility index (Phi) is 4.89. The van der Waals surface area contributed by atoms with Crippen molar-refractivity contribution in [2.24, 2.45) is 0 Å². The van der Waals surface area contributed by atoms with Crippen LogP contribution in [0.5, 0.6) is 0 Å². The minimum absolute atomic E-state index is 0.188. The van der Waals surface area contributed by atoms with Crippen LogP contribution in [-0.2, 0) is 16.4 Å². The number of benzene rings is 1. The molecule has 7 nitrogen and oxygen atoms in total. The molecule has 2 aromatic rings. The average Bonchev–Trinajstić information content (AvgIpc) is 2.91. The molecule has 8 heteroatoms. The van der Waals surface area contributed by atoms with E-state index in [1.165, 1.54) is 6.26 Å². The van der Waals surface area contributed by atoms with Crippen molar-refractivity contribution in [1.29, 1.82) is 0 Å². The van der Waals surface area contributed by atoms with Crippen LogP contribution < -0.4 is 5.32 Å². The molecule has 0 fully saturated rings. The molecule has 0 aliphatic carbocycles. The van der Waals surface area contributed by atoms with Crippen LogP contribution in [0.15, 0.2) is 24.3 Å². The average molecular weight is 309 g/mol. The number of aryl methyl sites for hydroxylation is 1. The highest BCUT2D eigenvalue weighted by atomic mass is 32.2. The first-order valence-electron chi connectivity index (χ1n) is 6.78. The number of hydrogen-bond donors (Lipinski definition) is 1. The standard InChI is InChI=1S/C13H19N5O2S/c1-3-18-13(15-16-17-18)11-6-4-7-12(10-11)14-8-5-9-21(2,19)20/h4,6-7,10,14H,3,5,8-9H2,1-2H3. The van der Waals surface area contributed by atoms with Gasteiger partial charge in [0.2, 0.25) is 0 Å². The highest BCUT2D eigenvalue weighted by molar-refractivity contribution is 7.90. The predicted octanol–water partition coefficient (Wildman–Crippen LogP) is 1.21. The summed E-state index contributed by atoms with van der Waals surface area (Å²) in [5.74, 6) is 0.908. The first-order chi connectivity index (χ1) is 9.99. The Hall–Kier alpha value is -1.96. The second-order valence-corrected chi connectivity index (χ2v) is 7.07. The molecule has 1 heterocycles. The van der Waals surface area contributed by atoms with Crippen LogP contribution >= 0.6 is 0 Å². The lowest BCUT2D eigenvalue weighted by atomic mass is 10.2. The fraction of sp³-hybridized carbons (Fsp3) is 0.462. The quantitative estimate of drug-likeness (QED) is 0.773. The van der Waals surface area contributed by atoms with Crippen molar-refractivity contribution >= 4 is 15.5 Å². The van der Waals surface area contributed by atoms with Crippen molar-refractivity contribution in [2.75, 3.05) is 23.9 Å². The highest BCUT2D eigenvalue weighted by Crippen LogP contribution is 2.20. The van der Waals surface area contributed by atoms with Crippen LogP contribution in [0.1, 0.15) is 13.3 Å². The monoisotopic (exact) mass is 309 g/mol. The fourth-order valence-corrected chi connectivity index (χ4v) is 2.63. The topological polar surface area (TPSA) is 89.8 Å².